The lowest BCUT2D eigenvalue weighted by Gasteiger charge is -2.06. The van der Waals surface area contributed by atoms with E-state index >= 15 is 0 Å². The zero-order valence-electron chi connectivity index (χ0n) is 9.04. The van der Waals surface area contributed by atoms with Crippen LogP contribution < -0.4 is 5.32 Å². The molecule has 0 spiro atoms. The number of benzene rings is 1. The molecule has 0 unspecified atom stereocenters. The first-order chi connectivity index (χ1) is 7.78. The van der Waals surface area contributed by atoms with Gasteiger partial charge >= 0.3 is 0 Å². The number of hydrogen-bond acceptors (Lipinski definition) is 3. The van der Waals surface area contributed by atoms with Crippen molar-refractivity contribution in [2.45, 2.75) is 6.54 Å². The van der Waals surface area contributed by atoms with E-state index < -0.39 is 27.3 Å². The monoisotopic (exact) mass is 323 g/mol. The minimum absolute atomic E-state index is 0.0420. The second kappa shape index (κ2) is 5.59. The Labute approximate surface area is 107 Å². The molecule has 1 rings (SSSR count). The molecule has 0 saturated heterocycles. The summed E-state index contributed by atoms with van der Waals surface area (Å²) in [5.74, 6) is -1.69. The molecule has 17 heavy (non-hydrogen) atoms. The first kappa shape index (κ1) is 14.1. The fraction of sp³-hybridized carbons (Fsp3) is 0.300. The molecule has 0 fully saturated rings. The highest BCUT2D eigenvalue weighted by atomic mass is 79.9. The van der Waals surface area contributed by atoms with Gasteiger partial charge in [-0.05, 0) is 18.2 Å². The van der Waals surface area contributed by atoms with Crippen LogP contribution in [0.25, 0.3) is 0 Å². The lowest BCUT2D eigenvalue weighted by molar-refractivity contribution is -0.118. The molecule has 4 nitrogen and oxygen atoms in total. The van der Waals surface area contributed by atoms with Crippen LogP contribution in [-0.4, -0.2) is 26.3 Å². The third-order valence-electron chi connectivity index (χ3n) is 1.88. The molecular weight excluding hydrogens is 313 g/mol. The van der Waals surface area contributed by atoms with E-state index in [1.807, 2.05) is 0 Å². The molecule has 0 atom stereocenters. The Morgan fingerprint density at radius 2 is 2.12 bits per heavy atom. The number of nitrogens with one attached hydrogen (secondary N) is 1. The van der Waals surface area contributed by atoms with Gasteiger partial charge in [0.1, 0.15) is 11.6 Å². The summed E-state index contributed by atoms with van der Waals surface area (Å²) < 4.78 is 35.6. The minimum atomic E-state index is -3.36. The minimum Gasteiger partial charge on any atom is -0.351 e. The Hall–Kier alpha value is -0.950. The molecule has 0 bridgehead atoms. The highest BCUT2D eigenvalue weighted by molar-refractivity contribution is 9.10. The second-order valence-corrected chi connectivity index (χ2v) is 6.64. The number of halogens is 2. The molecule has 94 valence electrons. The summed E-state index contributed by atoms with van der Waals surface area (Å²) in [4.78, 5) is 11.2. The number of carbonyl (C=O) groups excluding carboxylic acids is 1. The van der Waals surface area contributed by atoms with Crippen LogP contribution in [0, 0.1) is 5.82 Å². The Kier molecular flexibility index (Phi) is 4.64. The summed E-state index contributed by atoms with van der Waals surface area (Å²) in [6.45, 7) is -0.0420. The van der Waals surface area contributed by atoms with Gasteiger partial charge in [-0.25, -0.2) is 12.8 Å². The first-order valence-corrected chi connectivity index (χ1v) is 7.51. The second-order valence-electron chi connectivity index (χ2n) is 3.58. The third-order valence-corrected chi connectivity index (χ3v) is 3.16. The van der Waals surface area contributed by atoms with Gasteiger partial charge in [-0.1, -0.05) is 15.9 Å². The van der Waals surface area contributed by atoms with Crippen molar-refractivity contribution in [2.24, 2.45) is 0 Å². The molecule has 1 amide bonds. The lowest BCUT2D eigenvalue weighted by atomic mass is 10.2. The first-order valence-electron chi connectivity index (χ1n) is 4.66. The van der Waals surface area contributed by atoms with E-state index in [0.29, 0.717) is 10.0 Å². The quantitative estimate of drug-likeness (QED) is 0.907. The largest absolute Gasteiger partial charge is 0.351 e. The van der Waals surface area contributed by atoms with Crippen LogP contribution in [0.3, 0.4) is 0 Å². The summed E-state index contributed by atoms with van der Waals surface area (Å²) in [5, 5.41) is 2.34. The normalized spacial score (nSPS) is 11.2. The Bertz CT molecular complexity index is 530. The van der Waals surface area contributed by atoms with Gasteiger partial charge in [0.15, 0.2) is 9.84 Å². The number of sulfone groups is 1. The van der Waals surface area contributed by atoms with Crippen molar-refractivity contribution < 1.29 is 17.6 Å². The Balaban J connectivity index is 2.62. The van der Waals surface area contributed by atoms with Gasteiger partial charge in [0, 0.05) is 22.8 Å². The maximum atomic E-state index is 13.3. The highest BCUT2D eigenvalue weighted by Gasteiger charge is 2.11. The van der Waals surface area contributed by atoms with Crippen molar-refractivity contribution >= 4 is 31.7 Å². The molecule has 0 aromatic heterocycles. The van der Waals surface area contributed by atoms with E-state index in [0.717, 1.165) is 6.26 Å². The van der Waals surface area contributed by atoms with Gasteiger partial charge in [0.2, 0.25) is 5.91 Å². The molecular formula is C10H11BrFNO3S. The van der Waals surface area contributed by atoms with Gasteiger partial charge in [-0.15, -0.1) is 0 Å². The van der Waals surface area contributed by atoms with Crippen LogP contribution in [0.5, 0.6) is 0 Å². The van der Waals surface area contributed by atoms with Crippen LogP contribution >= 0.6 is 15.9 Å². The molecule has 7 heteroatoms. The predicted octanol–water partition coefficient (Wildman–Crippen LogP) is 1.25. The average molecular weight is 324 g/mol. The standard InChI is InChI=1S/C10H11BrFNO3S/c1-17(15,16)6-10(14)13-5-7-4-8(11)2-3-9(7)12/h2-4H,5-6H2,1H3,(H,13,14). The maximum Gasteiger partial charge on any atom is 0.235 e. The van der Waals surface area contributed by atoms with Gasteiger partial charge in [0.05, 0.1) is 0 Å². The average Bonchev–Trinajstić information content (AvgIpc) is 2.17. The number of carbonyl (C=O) groups is 1. The lowest BCUT2D eigenvalue weighted by Crippen LogP contribution is -2.29. The SMILES string of the molecule is CS(=O)(=O)CC(=O)NCc1cc(Br)ccc1F. The van der Waals surface area contributed by atoms with Gasteiger partial charge < -0.3 is 5.32 Å². The topological polar surface area (TPSA) is 63.2 Å². The summed E-state index contributed by atoms with van der Waals surface area (Å²) in [6.07, 6.45) is 0.965. The van der Waals surface area contributed by atoms with Crippen molar-refractivity contribution in [1.29, 1.82) is 0 Å². The van der Waals surface area contributed by atoms with Crippen LogP contribution in [0.2, 0.25) is 0 Å². The van der Waals surface area contributed by atoms with Gasteiger partial charge in [-0.3, -0.25) is 4.79 Å². The Morgan fingerprint density at radius 3 is 2.71 bits per heavy atom. The molecule has 0 aliphatic carbocycles. The van der Waals surface area contributed by atoms with Crippen LogP contribution in [0.1, 0.15) is 5.56 Å². The summed E-state index contributed by atoms with van der Waals surface area (Å²) in [7, 11) is -3.36. The predicted molar refractivity (Wildman–Crippen MR) is 65.7 cm³/mol. The molecule has 1 N–H and O–H groups in total. The molecule has 0 radical (unpaired) electrons. The van der Waals surface area contributed by atoms with Crippen molar-refractivity contribution in [1.82, 2.24) is 5.32 Å². The summed E-state index contributed by atoms with van der Waals surface area (Å²) in [6, 6.07) is 4.33. The molecule has 0 aliphatic heterocycles. The van der Waals surface area contributed by atoms with Crippen molar-refractivity contribution in [3.05, 3.63) is 34.1 Å². The van der Waals surface area contributed by atoms with Crippen molar-refractivity contribution in [3.8, 4) is 0 Å². The number of hydrogen-bond donors (Lipinski definition) is 1. The summed E-state index contributed by atoms with van der Waals surface area (Å²) in [5.41, 5.74) is 0.293. The molecule has 0 aliphatic rings. The van der Waals surface area contributed by atoms with E-state index in [4.69, 9.17) is 0 Å². The van der Waals surface area contributed by atoms with Crippen LogP contribution in [0.4, 0.5) is 4.39 Å². The third kappa shape index (κ3) is 5.27. The molecule has 1 aromatic rings. The highest BCUT2D eigenvalue weighted by Crippen LogP contribution is 2.15. The van der Waals surface area contributed by atoms with E-state index in [1.54, 1.807) is 0 Å². The van der Waals surface area contributed by atoms with Crippen molar-refractivity contribution in [2.75, 3.05) is 12.0 Å². The van der Waals surface area contributed by atoms with E-state index in [1.165, 1.54) is 18.2 Å². The van der Waals surface area contributed by atoms with Crippen LogP contribution in [0.15, 0.2) is 22.7 Å². The fourth-order valence-corrected chi connectivity index (χ4v) is 2.15. The smallest absolute Gasteiger partial charge is 0.235 e. The van der Waals surface area contributed by atoms with E-state index in [-0.39, 0.29) is 6.54 Å². The molecule has 1 aromatic carbocycles. The van der Waals surface area contributed by atoms with E-state index in [9.17, 15) is 17.6 Å². The maximum absolute atomic E-state index is 13.3. The fourth-order valence-electron chi connectivity index (χ4n) is 1.16. The van der Waals surface area contributed by atoms with Gasteiger partial charge in [-0.2, -0.15) is 0 Å². The summed E-state index contributed by atoms with van der Waals surface area (Å²) >= 11 is 3.18. The number of amides is 1. The zero-order chi connectivity index (χ0) is 13.1. The Morgan fingerprint density at radius 1 is 1.47 bits per heavy atom. The van der Waals surface area contributed by atoms with Gasteiger partial charge in [0.25, 0.3) is 0 Å². The molecule has 0 saturated carbocycles. The van der Waals surface area contributed by atoms with Crippen LogP contribution in [-0.2, 0) is 21.2 Å². The zero-order valence-corrected chi connectivity index (χ0v) is 11.4. The number of rotatable bonds is 4. The van der Waals surface area contributed by atoms with E-state index in [2.05, 4.69) is 21.2 Å². The molecule has 0 heterocycles. The van der Waals surface area contributed by atoms with Crippen molar-refractivity contribution in [3.63, 3.8) is 0 Å².